The Bertz CT molecular complexity index is 582. The topological polar surface area (TPSA) is 49.9 Å². The summed E-state index contributed by atoms with van der Waals surface area (Å²) in [5, 5.41) is 0. The molecule has 1 saturated carbocycles. The number of amides is 2. The standard InChI is InChI=1S/C19H26N2O3/c1-14-12-17(14)19(23)21-10-8-20(9-11-21)18(22)15(2)24-13-16-6-4-3-5-7-16/h3-7,14-15,17H,8-13H2,1-2H3/t14-,15-,17+/m1/s1. The van der Waals surface area contributed by atoms with Gasteiger partial charge in [0.2, 0.25) is 5.91 Å². The van der Waals surface area contributed by atoms with Crippen molar-refractivity contribution in [1.29, 1.82) is 0 Å². The van der Waals surface area contributed by atoms with Gasteiger partial charge in [-0.15, -0.1) is 0 Å². The summed E-state index contributed by atoms with van der Waals surface area (Å²) in [7, 11) is 0. The van der Waals surface area contributed by atoms with Crippen LogP contribution in [-0.4, -0.2) is 53.9 Å². The maximum absolute atomic E-state index is 12.5. The van der Waals surface area contributed by atoms with Gasteiger partial charge in [0.25, 0.3) is 5.91 Å². The molecule has 1 saturated heterocycles. The molecule has 2 fully saturated rings. The number of carbonyl (C=O) groups excluding carboxylic acids is 2. The molecule has 24 heavy (non-hydrogen) atoms. The van der Waals surface area contributed by atoms with Crippen molar-refractivity contribution in [3.63, 3.8) is 0 Å². The molecule has 5 heteroatoms. The van der Waals surface area contributed by atoms with Crippen molar-refractivity contribution >= 4 is 11.8 Å². The summed E-state index contributed by atoms with van der Waals surface area (Å²) in [5.74, 6) is 1.03. The van der Waals surface area contributed by atoms with Gasteiger partial charge in [0, 0.05) is 32.1 Å². The van der Waals surface area contributed by atoms with E-state index in [1.807, 2.05) is 40.1 Å². The molecule has 0 bridgehead atoms. The van der Waals surface area contributed by atoms with Crippen LogP contribution in [-0.2, 0) is 20.9 Å². The largest absolute Gasteiger partial charge is 0.364 e. The van der Waals surface area contributed by atoms with E-state index in [9.17, 15) is 9.59 Å². The van der Waals surface area contributed by atoms with E-state index in [0.29, 0.717) is 38.7 Å². The van der Waals surface area contributed by atoms with Crippen LogP contribution in [0.15, 0.2) is 30.3 Å². The van der Waals surface area contributed by atoms with E-state index in [0.717, 1.165) is 12.0 Å². The zero-order valence-electron chi connectivity index (χ0n) is 14.5. The van der Waals surface area contributed by atoms with Crippen LogP contribution < -0.4 is 0 Å². The van der Waals surface area contributed by atoms with Gasteiger partial charge >= 0.3 is 0 Å². The number of rotatable bonds is 5. The highest BCUT2D eigenvalue weighted by atomic mass is 16.5. The first-order chi connectivity index (χ1) is 11.6. The van der Waals surface area contributed by atoms with Crippen molar-refractivity contribution in [1.82, 2.24) is 9.80 Å². The van der Waals surface area contributed by atoms with Gasteiger partial charge in [-0.05, 0) is 24.8 Å². The van der Waals surface area contributed by atoms with Crippen molar-refractivity contribution < 1.29 is 14.3 Å². The fraction of sp³-hybridized carbons (Fsp3) is 0.579. The molecule has 3 atom stereocenters. The minimum Gasteiger partial charge on any atom is -0.364 e. The summed E-state index contributed by atoms with van der Waals surface area (Å²) in [6.45, 7) is 6.84. The van der Waals surface area contributed by atoms with E-state index < -0.39 is 6.10 Å². The van der Waals surface area contributed by atoms with Gasteiger partial charge in [-0.3, -0.25) is 9.59 Å². The minimum atomic E-state index is -0.462. The number of piperazine rings is 1. The molecule has 130 valence electrons. The van der Waals surface area contributed by atoms with E-state index in [1.54, 1.807) is 6.92 Å². The Morgan fingerprint density at radius 2 is 1.71 bits per heavy atom. The second kappa shape index (κ2) is 7.34. The van der Waals surface area contributed by atoms with E-state index in [2.05, 4.69) is 6.92 Å². The molecule has 0 N–H and O–H groups in total. The zero-order chi connectivity index (χ0) is 17.1. The molecule has 1 aromatic carbocycles. The lowest BCUT2D eigenvalue weighted by Gasteiger charge is -2.36. The first-order valence-electron chi connectivity index (χ1n) is 8.79. The highest BCUT2D eigenvalue weighted by Gasteiger charge is 2.42. The highest BCUT2D eigenvalue weighted by molar-refractivity contribution is 5.83. The number of carbonyl (C=O) groups is 2. The Morgan fingerprint density at radius 3 is 2.29 bits per heavy atom. The lowest BCUT2D eigenvalue weighted by molar-refractivity contribution is -0.148. The van der Waals surface area contributed by atoms with E-state index >= 15 is 0 Å². The second-order valence-electron chi connectivity index (χ2n) is 6.91. The zero-order valence-corrected chi connectivity index (χ0v) is 14.5. The van der Waals surface area contributed by atoms with Crippen LogP contribution in [0.5, 0.6) is 0 Å². The van der Waals surface area contributed by atoms with Crippen molar-refractivity contribution in [2.24, 2.45) is 11.8 Å². The number of nitrogens with zero attached hydrogens (tertiary/aromatic N) is 2. The quantitative estimate of drug-likeness (QED) is 0.829. The predicted octanol–water partition coefficient (Wildman–Crippen LogP) is 1.92. The van der Waals surface area contributed by atoms with Gasteiger partial charge in [-0.2, -0.15) is 0 Å². The summed E-state index contributed by atoms with van der Waals surface area (Å²) < 4.78 is 5.71. The van der Waals surface area contributed by atoms with E-state index in [-0.39, 0.29) is 17.7 Å². The lowest BCUT2D eigenvalue weighted by Crippen LogP contribution is -2.53. The number of hydrogen-bond donors (Lipinski definition) is 0. The molecule has 0 spiro atoms. The van der Waals surface area contributed by atoms with Gasteiger partial charge in [-0.25, -0.2) is 0 Å². The Kier molecular flexibility index (Phi) is 5.19. The third-order valence-electron chi connectivity index (χ3n) is 5.02. The molecule has 5 nitrogen and oxygen atoms in total. The van der Waals surface area contributed by atoms with E-state index in [4.69, 9.17) is 4.74 Å². The van der Waals surface area contributed by atoms with Crippen molar-refractivity contribution in [3.8, 4) is 0 Å². The smallest absolute Gasteiger partial charge is 0.251 e. The Morgan fingerprint density at radius 1 is 1.12 bits per heavy atom. The molecule has 0 aromatic heterocycles. The van der Waals surface area contributed by atoms with Gasteiger partial charge in [0.15, 0.2) is 0 Å². The molecule has 2 amide bonds. The Labute approximate surface area is 143 Å². The first-order valence-corrected chi connectivity index (χ1v) is 8.79. The molecule has 1 aliphatic carbocycles. The normalized spacial score (nSPS) is 24.6. The molecule has 1 aromatic rings. The van der Waals surface area contributed by atoms with Gasteiger partial charge in [-0.1, -0.05) is 37.3 Å². The third-order valence-corrected chi connectivity index (χ3v) is 5.02. The van der Waals surface area contributed by atoms with Gasteiger partial charge < -0.3 is 14.5 Å². The molecule has 0 unspecified atom stereocenters. The number of ether oxygens (including phenoxy) is 1. The lowest BCUT2D eigenvalue weighted by atomic mass is 10.2. The maximum atomic E-state index is 12.5. The average molecular weight is 330 g/mol. The predicted molar refractivity (Wildman–Crippen MR) is 91.1 cm³/mol. The van der Waals surface area contributed by atoms with Crippen LogP contribution >= 0.6 is 0 Å². The van der Waals surface area contributed by atoms with Crippen molar-refractivity contribution in [3.05, 3.63) is 35.9 Å². The SMILES string of the molecule is C[C@@H]1C[C@@H]1C(=O)N1CCN(C(=O)[C@@H](C)OCc2ccccc2)CC1. The van der Waals surface area contributed by atoms with Crippen molar-refractivity contribution in [2.45, 2.75) is 33.0 Å². The monoisotopic (exact) mass is 330 g/mol. The summed E-state index contributed by atoms with van der Waals surface area (Å²) in [6, 6.07) is 9.85. The summed E-state index contributed by atoms with van der Waals surface area (Å²) in [4.78, 5) is 28.5. The molecule has 1 heterocycles. The van der Waals surface area contributed by atoms with Gasteiger partial charge in [0.05, 0.1) is 6.61 Å². The second-order valence-corrected chi connectivity index (χ2v) is 6.91. The summed E-state index contributed by atoms with van der Waals surface area (Å²) >= 11 is 0. The van der Waals surface area contributed by atoms with Crippen LogP contribution in [0.25, 0.3) is 0 Å². The average Bonchev–Trinajstić information content (AvgIpc) is 3.36. The van der Waals surface area contributed by atoms with Gasteiger partial charge in [0.1, 0.15) is 6.10 Å². The van der Waals surface area contributed by atoms with Crippen molar-refractivity contribution in [2.75, 3.05) is 26.2 Å². The highest BCUT2D eigenvalue weighted by Crippen LogP contribution is 2.39. The third kappa shape index (κ3) is 3.96. The Hall–Kier alpha value is -1.88. The van der Waals surface area contributed by atoms with Crippen LogP contribution in [0.1, 0.15) is 25.8 Å². The molecule has 2 aliphatic rings. The van der Waals surface area contributed by atoms with Crippen LogP contribution in [0.2, 0.25) is 0 Å². The van der Waals surface area contributed by atoms with Crippen LogP contribution in [0.3, 0.4) is 0 Å². The summed E-state index contributed by atoms with van der Waals surface area (Å²) in [6.07, 6.45) is 0.554. The minimum absolute atomic E-state index is 0.0119. The maximum Gasteiger partial charge on any atom is 0.251 e. The molecule has 0 radical (unpaired) electrons. The van der Waals surface area contributed by atoms with Crippen LogP contribution in [0.4, 0.5) is 0 Å². The summed E-state index contributed by atoms with van der Waals surface area (Å²) in [5.41, 5.74) is 1.06. The molecule has 1 aliphatic heterocycles. The Balaban J connectivity index is 1.43. The molecular weight excluding hydrogens is 304 g/mol. The van der Waals surface area contributed by atoms with Crippen LogP contribution in [0, 0.1) is 11.8 Å². The first kappa shape index (κ1) is 17.0. The number of benzene rings is 1. The molecular formula is C19H26N2O3. The fourth-order valence-corrected chi connectivity index (χ4v) is 3.17. The van der Waals surface area contributed by atoms with E-state index in [1.165, 1.54) is 0 Å². The fourth-order valence-electron chi connectivity index (χ4n) is 3.17. The number of hydrogen-bond acceptors (Lipinski definition) is 3. The molecule has 3 rings (SSSR count).